The van der Waals surface area contributed by atoms with Gasteiger partial charge in [0.1, 0.15) is 0 Å². The third kappa shape index (κ3) is 5.26. The van der Waals surface area contributed by atoms with Crippen LogP contribution in [0.5, 0.6) is 0 Å². The van der Waals surface area contributed by atoms with Gasteiger partial charge in [-0.25, -0.2) is 0 Å². The van der Waals surface area contributed by atoms with Gasteiger partial charge in [0.05, 0.1) is 0 Å². The zero-order chi connectivity index (χ0) is 18.9. The minimum atomic E-state index is 0.824. The molecule has 0 nitrogen and oxygen atoms in total. The first-order chi connectivity index (χ1) is 11.7. The first-order valence-corrected chi connectivity index (χ1v) is 11.7. The molecule has 0 saturated heterocycles. The van der Waals surface area contributed by atoms with Crippen LogP contribution in [-0.4, -0.2) is 0 Å². The zero-order valence-electron chi connectivity index (χ0n) is 18.9. The van der Waals surface area contributed by atoms with Crippen molar-refractivity contribution in [1.82, 2.24) is 0 Å². The van der Waals surface area contributed by atoms with E-state index in [1.54, 1.807) is 0 Å². The molecular formula is C25H48. The maximum Gasteiger partial charge on any atom is -0.0326 e. The van der Waals surface area contributed by atoms with E-state index >= 15 is 0 Å². The van der Waals surface area contributed by atoms with E-state index in [9.17, 15) is 0 Å². The average Bonchev–Trinajstić information content (AvgIpc) is 3.43. The monoisotopic (exact) mass is 348 g/mol. The van der Waals surface area contributed by atoms with Gasteiger partial charge in [0.2, 0.25) is 0 Å². The Kier molecular flexibility index (Phi) is 7.49. The third-order valence-corrected chi connectivity index (χ3v) is 9.08. The summed E-state index contributed by atoms with van der Waals surface area (Å²) >= 11 is 0. The molecule has 2 saturated carbocycles. The van der Waals surface area contributed by atoms with Gasteiger partial charge in [0.25, 0.3) is 0 Å². The second-order valence-corrected chi connectivity index (χ2v) is 10.9. The second kappa shape index (κ2) is 8.79. The highest BCUT2D eigenvalue weighted by atomic mass is 14.6. The van der Waals surface area contributed by atoms with Crippen molar-refractivity contribution in [2.45, 2.75) is 94.4 Å². The fraction of sp³-hybridized carbons (Fsp3) is 1.00. The maximum absolute atomic E-state index is 2.56. The predicted octanol–water partition coefficient (Wildman–Crippen LogP) is 7.92. The SMILES string of the molecule is CCC(C)C(CC1CC1C)C(CCC(C)C(C)C(C)C)C1C(C)C1C. The molecule has 0 aromatic carbocycles. The summed E-state index contributed by atoms with van der Waals surface area (Å²) < 4.78 is 0. The van der Waals surface area contributed by atoms with Crippen molar-refractivity contribution < 1.29 is 0 Å². The highest BCUT2D eigenvalue weighted by Crippen LogP contribution is 2.57. The average molecular weight is 349 g/mol. The van der Waals surface area contributed by atoms with Gasteiger partial charge >= 0.3 is 0 Å². The molecule has 0 heterocycles. The van der Waals surface area contributed by atoms with Crippen molar-refractivity contribution in [3.8, 4) is 0 Å². The first kappa shape index (κ1) is 21.3. The van der Waals surface area contributed by atoms with Gasteiger partial charge in [-0.1, -0.05) is 75.2 Å². The van der Waals surface area contributed by atoms with Crippen molar-refractivity contribution in [1.29, 1.82) is 0 Å². The van der Waals surface area contributed by atoms with Crippen LogP contribution in [0.4, 0.5) is 0 Å². The van der Waals surface area contributed by atoms with Crippen LogP contribution in [0.25, 0.3) is 0 Å². The Bertz CT molecular complexity index is 389. The molecule has 9 unspecified atom stereocenters. The Morgan fingerprint density at radius 2 is 1.40 bits per heavy atom. The Morgan fingerprint density at radius 3 is 1.80 bits per heavy atom. The summed E-state index contributed by atoms with van der Waals surface area (Å²) in [5, 5.41) is 0. The molecule has 0 aromatic rings. The van der Waals surface area contributed by atoms with Crippen molar-refractivity contribution in [2.24, 2.45) is 65.1 Å². The number of hydrogen-bond acceptors (Lipinski definition) is 0. The summed E-state index contributed by atoms with van der Waals surface area (Å²) in [4.78, 5) is 0. The maximum atomic E-state index is 2.56. The topological polar surface area (TPSA) is 0 Å². The standard InChI is InChI=1S/C25H48/c1-10-16(4)24(14-22-13-18(22)6)23(25-20(8)21(25)9)12-11-17(5)19(7)15(2)3/h15-25H,10-14H2,1-9H3. The summed E-state index contributed by atoms with van der Waals surface area (Å²) in [5.41, 5.74) is 0. The minimum absolute atomic E-state index is 0.824. The molecule has 0 spiro atoms. The molecule has 0 N–H and O–H groups in total. The molecule has 148 valence electrons. The molecule has 9 atom stereocenters. The zero-order valence-corrected chi connectivity index (χ0v) is 18.9. The molecular weight excluding hydrogens is 300 g/mol. The lowest BCUT2D eigenvalue weighted by Crippen LogP contribution is -2.26. The lowest BCUT2D eigenvalue weighted by Gasteiger charge is -2.34. The van der Waals surface area contributed by atoms with Crippen LogP contribution in [0, 0.1) is 65.1 Å². The highest BCUT2D eigenvalue weighted by Gasteiger charge is 2.51. The molecule has 0 bridgehead atoms. The van der Waals surface area contributed by atoms with Gasteiger partial charge in [-0.2, -0.15) is 0 Å². The molecule has 2 fully saturated rings. The molecule has 0 heteroatoms. The van der Waals surface area contributed by atoms with Crippen LogP contribution in [0.2, 0.25) is 0 Å². The minimum Gasteiger partial charge on any atom is -0.0651 e. The molecule has 2 aliphatic rings. The molecule has 2 aliphatic carbocycles. The smallest absolute Gasteiger partial charge is 0.0326 e. The summed E-state index contributed by atoms with van der Waals surface area (Å²) in [6.45, 7) is 22.3. The number of rotatable bonds is 11. The summed E-state index contributed by atoms with van der Waals surface area (Å²) in [6, 6.07) is 0. The van der Waals surface area contributed by atoms with E-state index in [4.69, 9.17) is 0 Å². The Balaban J connectivity index is 2.05. The van der Waals surface area contributed by atoms with Crippen LogP contribution in [0.1, 0.15) is 94.4 Å². The summed E-state index contributed by atoms with van der Waals surface area (Å²) in [5.74, 6) is 10.5. The normalized spacial score (nSPS) is 37.4. The van der Waals surface area contributed by atoms with Gasteiger partial charge in [-0.05, 0) is 84.4 Å². The van der Waals surface area contributed by atoms with Gasteiger partial charge in [0, 0.05) is 0 Å². The van der Waals surface area contributed by atoms with Crippen LogP contribution < -0.4 is 0 Å². The molecule has 0 aromatic heterocycles. The largest absolute Gasteiger partial charge is 0.0651 e. The molecule has 2 rings (SSSR count). The highest BCUT2D eigenvalue weighted by molar-refractivity contribution is 4.99. The lowest BCUT2D eigenvalue weighted by molar-refractivity contribution is 0.149. The third-order valence-electron chi connectivity index (χ3n) is 9.08. The van der Waals surface area contributed by atoms with E-state index in [0.717, 1.165) is 65.1 Å². The molecule has 0 aliphatic heterocycles. The van der Waals surface area contributed by atoms with Crippen LogP contribution >= 0.6 is 0 Å². The predicted molar refractivity (Wildman–Crippen MR) is 113 cm³/mol. The van der Waals surface area contributed by atoms with E-state index in [-0.39, 0.29) is 0 Å². The van der Waals surface area contributed by atoms with Gasteiger partial charge in [-0.3, -0.25) is 0 Å². The van der Waals surface area contributed by atoms with Gasteiger partial charge in [0.15, 0.2) is 0 Å². The molecule has 0 amide bonds. The lowest BCUT2D eigenvalue weighted by atomic mass is 9.71. The molecule has 0 radical (unpaired) electrons. The summed E-state index contributed by atoms with van der Waals surface area (Å²) in [6.07, 6.45) is 7.36. The Labute approximate surface area is 159 Å². The van der Waals surface area contributed by atoms with Gasteiger partial charge in [-0.15, -0.1) is 0 Å². The Hall–Kier alpha value is 0. The van der Waals surface area contributed by atoms with Crippen LogP contribution in [-0.2, 0) is 0 Å². The van der Waals surface area contributed by atoms with E-state index < -0.39 is 0 Å². The van der Waals surface area contributed by atoms with Crippen LogP contribution in [0.3, 0.4) is 0 Å². The fourth-order valence-electron chi connectivity index (χ4n) is 5.76. The quantitative estimate of drug-likeness (QED) is 0.355. The second-order valence-electron chi connectivity index (χ2n) is 10.9. The van der Waals surface area contributed by atoms with Crippen molar-refractivity contribution in [3.05, 3.63) is 0 Å². The molecule has 25 heavy (non-hydrogen) atoms. The van der Waals surface area contributed by atoms with Crippen molar-refractivity contribution in [2.75, 3.05) is 0 Å². The first-order valence-electron chi connectivity index (χ1n) is 11.7. The fourth-order valence-corrected chi connectivity index (χ4v) is 5.76. The summed E-state index contributed by atoms with van der Waals surface area (Å²) in [7, 11) is 0. The van der Waals surface area contributed by atoms with Crippen LogP contribution in [0.15, 0.2) is 0 Å². The van der Waals surface area contributed by atoms with Crippen molar-refractivity contribution >= 4 is 0 Å². The van der Waals surface area contributed by atoms with Gasteiger partial charge < -0.3 is 0 Å². The van der Waals surface area contributed by atoms with E-state index in [1.807, 2.05) is 0 Å². The van der Waals surface area contributed by atoms with E-state index in [2.05, 4.69) is 62.3 Å². The van der Waals surface area contributed by atoms with E-state index in [0.29, 0.717) is 0 Å². The van der Waals surface area contributed by atoms with E-state index in [1.165, 1.54) is 32.1 Å². The van der Waals surface area contributed by atoms with Crippen molar-refractivity contribution in [3.63, 3.8) is 0 Å². The number of hydrogen-bond donors (Lipinski definition) is 0. The Morgan fingerprint density at radius 1 is 0.840 bits per heavy atom.